The number of aliphatic hydroxyl groups is 2. The molecule has 0 amide bonds. The van der Waals surface area contributed by atoms with Gasteiger partial charge in [-0.15, -0.1) is 0 Å². The van der Waals surface area contributed by atoms with Crippen molar-refractivity contribution in [1.29, 1.82) is 0 Å². The molecule has 0 heterocycles. The molecular weight excluding hydrogens is 222 g/mol. The minimum absolute atomic E-state index is 0. The van der Waals surface area contributed by atoms with Crippen molar-refractivity contribution in [2.75, 3.05) is 0 Å². The molecule has 0 saturated heterocycles. The summed E-state index contributed by atoms with van der Waals surface area (Å²) in [6, 6.07) is 0. The Morgan fingerprint density at radius 1 is 0.929 bits per heavy atom. The summed E-state index contributed by atoms with van der Waals surface area (Å²) in [5.41, 5.74) is -3.74. The second-order valence-corrected chi connectivity index (χ2v) is 3.97. The van der Waals surface area contributed by atoms with Crippen molar-refractivity contribution in [3.05, 3.63) is 0 Å². The molecule has 0 bridgehead atoms. The maximum Gasteiger partial charge on any atom is 1.00 e. The largest absolute Gasteiger partial charge is 1.00 e. The van der Waals surface area contributed by atoms with Crippen molar-refractivity contribution in [3.8, 4) is 0 Å². The molecule has 2 N–H and O–H groups in total. The summed E-state index contributed by atoms with van der Waals surface area (Å²) in [5.74, 6) is -3.50. The van der Waals surface area contributed by atoms with Crippen molar-refractivity contribution in [2.24, 2.45) is 0 Å². The van der Waals surface area contributed by atoms with Crippen molar-refractivity contribution in [3.63, 3.8) is 0 Å². The van der Waals surface area contributed by atoms with E-state index in [9.17, 15) is 19.8 Å². The van der Waals surface area contributed by atoms with Crippen LogP contribution in [0.3, 0.4) is 0 Å². The fourth-order valence-corrected chi connectivity index (χ4v) is 1.65. The Kier molecular flexibility index (Phi) is 14.8. The Morgan fingerprint density at radius 3 is 1.29 bits per heavy atom. The quantitative estimate of drug-likeness (QED) is 0.269. The first-order valence-corrected chi connectivity index (χ1v) is 4.82. The average Bonchev–Trinajstić information content (AvgIpc) is 1.98. The first-order valence-electron chi connectivity index (χ1n) is 2.55. The molecule has 70 valence electrons. The molecule has 0 aliphatic rings. The number of carboxylic acids is 2. The SMILES string of the molecule is O=C([O-])C(O)SSC(O)C(=O)[O-].[Li+].[Li+]. The molecule has 0 aromatic rings. The number of hydrogen-bond donors (Lipinski definition) is 2. The minimum atomic E-state index is -1.87. The third kappa shape index (κ3) is 9.32. The zero-order valence-electron chi connectivity index (χ0n) is 7.50. The molecule has 14 heavy (non-hydrogen) atoms. The molecule has 6 nitrogen and oxygen atoms in total. The first-order chi connectivity index (χ1) is 5.45. The number of carbonyl (C=O) groups excluding carboxylic acids is 2. The van der Waals surface area contributed by atoms with Crippen molar-refractivity contribution >= 4 is 33.5 Å². The number of carboxylic acid groups (broad SMARTS) is 2. The van der Waals surface area contributed by atoms with Gasteiger partial charge in [-0.1, -0.05) is 21.6 Å². The summed E-state index contributed by atoms with van der Waals surface area (Å²) in [6.45, 7) is 0. The van der Waals surface area contributed by atoms with Crippen LogP contribution in [0, 0.1) is 0 Å². The third-order valence-corrected chi connectivity index (χ3v) is 2.93. The normalized spacial score (nSPS) is 13.0. The Morgan fingerprint density at radius 2 is 1.14 bits per heavy atom. The Hall–Kier alpha value is 0.755. The third-order valence-electron chi connectivity index (χ3n) is 0.641. The predicted molar refractivity (Wildman–Crippen MR) is 37.2 cm³/mol. The van der Waals surface area contributed by atoms with Gasteiger partial charge in [0.25, 0.3) is 0 Å². The van der Waals surface area contributed by atoms with Crippen LogP contribution in [-0.2, 0) is 9.59 Å². The summed E-state index contributed by atoms with van der Waals surface area (Å²) < 4.78 is 0. The van der Waals surface area contributed by atoms with Gasteiger partial charge in [0.1, 0.15) is 10.9 Å². The van der Waals surface area contributed by atoms with Crippen LogP contribution in [0.5, 0.6) is 0 Å². The summed E-state index contributed by atoms with van der Waals surface area (Å²) in [5, 5.41) is 36.7. The van der Waals surface area contributed by atoms with Gasteiger partial charge in [0.15, 0.2) is 0 Å². The first kappa shape index (κ1) is 20.2. The molecule has 10 heteroatoms. The van der Waals surface area contributed by atoms with Gasteiger partial charge in [-0.3, -0.25) is 0 Å². The summed E-state index contributed by atoms with van der Waals surface area (Å²) >= 11 is 0. The number of aliphatic hydroxyl groups excluding tert-OH is 2. The number of carbonyl (C=O) groups is 2. The van der Waals surface area contributed by atoms with Crippen LogP contribution in [0.1, 0.15) is 0 Å². The standard InChI is InChI=1S/C4H6O6S2.2Li/c5-1(6)3(9)11-12-4(10)2(7)8;;/h3-4,9-10H,(H,5,6)(H,7,8);;/q;2*+1/p-2. The maximum atomic E-state index is 9.84. The van der Waals surface area contributed by atoms with E-state index in [0.717, 1.165) is 0 Å². The molecule has 2 unspecified atom stereocenters. The minimum Gasteiger partial charge on any atom is -0.546 e. The molecule has 0 fully saturated rings. The van der Waals surface area contributed by atoms with Crippen molar-refractivity contribution < 1.29 is 67.7 Å². The fourth-order valence-electron chi connectivity index (χ4n) is 0.184. The van der Waals surface area contributed by atoms with E-state index in [1.54, 1.807) is 0 Å². The zero-order valence-corrected chi connectivity index (χ0v) is 9.13. The van der Waals surface area contributed by atoms with E-state index >= 15 is 0 Å². The smallest absolute Gasteiger partial charge is 0.546 e. The van der Waals surface area contributed by atoms with Crippen LogP contribution in [0.25, 0.3) is 0 Å². The van der Waals surface area contributed by atoms with Gasteiger partial charge < -0.3 is 30.0 Å². The van der Waals surface area contributed by atoms with Gasteiger partial charge in [-0.05, 0) is 0 Å². The van der Waals surface area contributed by atoms with Crippen LogP contribution >= 0.6 is 21.6 Å². The molecule has 0 aromatic heterocycles. The average molecular weight is 226 g/mol. The second kappa shape index (κ2) is 10.3. The van der Waals surface area contributed by atoms with Crippen molar-refractivity contribution in [2.45, 2.75) is 10.9 Å². The Bertz CT molecular complexity index is 171. The zero-order chi connectivity index (χ0) is 9.72. The number of hydrogen-bond acceptors (Lipinski definition) is 8. The van der Waals surface area contributed by atoms with Gasteiger partial charge in [0.05, 0.1) is 11.9 Å². The van der Waals surface area contributed by atoms with Crippen LogP contribution in [-0.4, -0.2) is 33.0 Å². The number of aliphatic carboxylic acids is 2. The molecule has 2 atom stereocenters. The van der Waals surface area contributed by atoms with Gasteiger partial charge in [-0.25, -0.2) is 0 Å². The van der Waals surface area contributed by atoms with E-state index in [0.29, 0.717) is 0 Å². The summed E-state index contributed by atoms with van der Waals surface area (Å²) in [7, 11) is 0.521. The second-order valence-electron chi connectivity index (χ2n) is 1.54. The van der Waals surface area contributed by atoms with E-state index in [1.807, 2.05) is 0 Å². The molecule has 0 spiro atoms. The van der Waals surface area contributed by atoms with E-state index in [2.05, 4.69) is 0 Å². The fraction of sp³-hybridized carbons (Fsp3) is 0.500. The van der Waals surface area contributed by atoms with Crippen LogP contribution < -0.4 is 47.9 Å². The van der Waals surface area contributed by atoms with Crippen LogP contribution in [0.2, 0.25) is 0 Å². The van der Waals surface area contributed by atoms with Gasteiger partial charge >= 0.3 is 37.7 Å². The molecule has 0 radical (unpaired) electrons. The molecule has 0 aliphatic heterocycles. The van der Waals surface area contributed by atoms with Gasteiger partial charge in [0, 0.05) is 0 Å². The summed E-state index contributed by atoms with van der Waals surface area (Å²) in [6.07, 6.45) is 0. The molecule has 0 saturated carbocycles. The van der Waals surface area contributed by atoms with Crippen LogP contribution in [0.15, 0.2) is 0 Å². The Labute approximate surface area is 112 Å². The van der Waals surface area contributed by atoms with Crippen LogP contribution in [0.4, 0.5) is 0 Å². The van der Waals surface area contributed by atoms with E-state index in [-0.39, 0.29) is 59.3 Å². The molecular formula is C4H4Li2O6S2. The van der Waals surface area contributed by atoms with E-state index < -0.39 is 22.8 Å². The van der Waals surface area contributed by atoms with Gasteiger partial charge in [0.2, 0.25) is 0 Å². The Balaban J connectivity index is -0.000000605. The monoisotopic (exact) mass is 226 g/mol. The van der Waals surface area contributed by atoms with Crippen molar-refractivity contribution in [1.82, 2.24) is 0 Å². The number of rotatable bonds is 5. The van der Waals surface area contributed by atoms with E-state index in [4.69, 9.17) is 10.2 Å². The predicted octanol–water partition coefficient (Wildman–Crippen LogP) is -9.49. The molecule has 0 aromatic carbocycles. The topological polar surface area (TPSA) is 121 Å². The summed E-state index contributed by atoms with van der Waals surface area (Å²) in [4.78, 5) is 19.7. The molecule has 0 rings (SSSR count). The maximum absolute atomic E-state index is 9.84. The van der Waals surface area contributed by atoms with E-state index in [1.165, 1.54) is 0 Å². The molecule has 0 aliphatic carbocycles. The van der Waals surface area contributed by atoms with Gasteiger partial charge in [-0.2, -0.15) is 0 Å².